The van der Waals surface area contributed by atoms with Gasteiger partial charge in [0.25, 0.3) is 0 Å². The quantitative estimate of drug-likeness (QED) is 0.592. The highest BCUT2D eigenvalue weighted by atomic mass is 32.2. The predicted molar refractivity (Wildman–Crippen MR) is 41.2 cm³/mol. The lowest BCUT2D eigenvalue weighted by molar-refractivity contribution is -0.121. The zero-order valence-corrected chi connectivity index (χ0v) is 7.64. The van der Waals surface area contributed by atoms with Gasteiger partial charge in [0.05, 0.1) is 0 Å². The van der Waals surface area contributed by atoms with Crippen molar-refractivity contribution in [3.05, 3.63) is 0 Å². The minimum absolute atomic E-state index is 0.145. The maximum Gasteiger partial charge on any atom is 0.176 e. The molecule has 0 bridgehead atoms. The molecule has 0 spiro atoms. The van der Waals surface area contributed by atoms with Crippen LogP contribution in [-0.4, -0.2) is 39.4 Å². The molecule has 0 aliphatic carbocycles. The molecule has 0 aromatic heterocycles. The molecule has 4 nitrogen and oxygen atoms in total. The first-order chi connectivity index (χ1) is 4.89. The maximum atomic E-state index is 10.9. The van der Waals surface area contributed by atoms with Crippen LogP contribution in [0.1, 0.15) is 6.92 Å². The Morgan fingerprint density at radius 3 is 2.27 bits per heavy atom. The van der Waals surface area contributed by atoms with Gasteiger partial charge in [-0.3, -0.25) is 4.79 Å². The van der Waals surface area contributed by atoms with Gasteiger partial charge in [-0.05, 0) is 6.92 Å². The Bertz CT molecular complexity index is 229. The standard InChI is InChI=1S/C6H12O4S/c1-5(11(3,8)9)6(7)4-10-2/h5H,4H2,1-3H3. The first-order valence-corrected chi connectivity index (χ1v) is 5.05. The summed E-state index contributed by atoms with van der Waals surface area (Å²) in [7, 11) is -1.90. The van der Waals surface area contributed by atoms with Gasteiger partial charge < -0.3 is 4.74 Å². The molecule has 0 fully saturated rings. The molecule has 0 saturated carbocycles. The molecular formula is C6H12O4S. The number of ether oxygens (including phenoxy) is 1. The molecule has 0 aliphatic heterocycles. The summed E-state index contributed by atoms with van der Waals surface area (Å²) in [4.78, 5) is 10.9. The molecule has 0 N–H and O–H groups in total. The SMILES string of the molecule is COCC(=O)C(C)S(C)(=O)=O. The Hall–Kier alpha value is -0.420. The highest BCUT2D eigenvalue weighted by Crippen LogP contribution is 1.98. The number of carbonyl (C=O) groups is 1. The van der Waals surface area contributed by atoms with E-state index in [9.17, 15) is 13.2 Å². The molecule has 0 saturated heterocycles. The number of hydrogen-bond acceptors (Lipinski definition) is 4. The number of Topliss-reactive ketones (excluding diaryl/α,β-unsaturated/α-hetero) is 1. The van der Waals surface area contributed by atoms with Crippen molar-refractivity contribution in [2.45, 2.75) is 12.2 Å². The smallest absolute Gasteiger partial charge is 0.176 e. The Morgan fingerprint density at radius 2 is 2.00 bits per heavy atom. The highest BCUT2D eigenvalue weighted by Gasteiger charge is 2.22. The lowest BCUT2D eigenvalue weighted by atomic mass is 10.3. The summed E-state index contributed by atoms with van der Waals surface area (Å²) >= 11 is 0. The third-order valence-corrected chi connectivity index (χ3v) is 2.93. The summed E-state index contributed by atoms with van der Waals surface area (Å²) in [5.74, 6) is -0.407. The normalized spacial score (nSPS) is 14.5. The first-order valence-electron chi connectivity index (χ1n) is 3.10. The van der Waals surface area contributed by atoms with E-state index in [1.807, 2.05) is 0 Å². The Kier molecular flexibility index (Phi) is 3.68. The van der Waals surface area contributed by atoms with Gasteiger partial charge in [0.2, 0.25) is 0 Å². The van der Waals surface area contributed by atoms with E-state index in [2.05, 4.69) is 4.74 Å². The molecule has 1 unspecified atom stereocenters. The molecule has 0 heterocycles. The summed E-state index contributed by atoms with van der Waals surface area (Å²) in [5.41, 5.74) is 0. The van der Waals surface area contributed by atoms with Crippen molar-refractivity contribution in [1.29, 1.82) is 0 Å². The van der Waals surface area contributed by atoms with E-state index in [0.717, 1.165) is 6.26 Å². The molecule has 11 heavy (non-hydrogen) atoms. The van der Waals surface area contributed by atoms with E-state index in [4.69, 9.17) is 0 Å². The van der Waals surface area contributed by atoms with Crippen LogP contribution in [0.4, 0.5) is 0 Å². The molecule has 5 heteroatoms. The second kappa shape index (κ2) is 3.82. The number of rotatable bonds is 4. The van der Waals surface area contributed by atoms with Crippen LogP contribution in [-0.2, 0) is 19.4 Å². The summed E-state index contributed by atoms with van der Waals surface area (Å²) < 4.78 is 26.0. The van der Waals surface area contributed by atoms with Crippen molar-refractivity contribution in [2.75, 3.05) is 20.0 Å². The van der Waals surface area contributed by atoms with Gasteiger partial charge >= 0.3 is 0 Å². The third-order valence-electron chi connectivity index (χ3n) is 1.38. The maximum absolute atomic E-state index is 10.9. The molecule has 0 radical (unpaired) electrons. The number of ketones is 1. The van der Waals surface area contributed by atoms with Crippen LogP contribution in [0.25, 0.3) is 0 Å². The van der Waals surface area contributed by atoms with Crippen molar-refractivity contribution < 1.29 is 17.9 Å². The second-order valence-corrected chi connectivity index (χ2v) is 4.74. The van der Waals surface area contributed by atoms with Crippen LogP contribution < -0.4 is 0 Å². The molecule has 0 amide bonds. The first kappa shape index (κ1) is 10.6. The minimum Gasteiger partial charge on any atom is -0.377 e. The minimum atomic E-state index is -3.25. The Morgan fingerprint density at radius 1 is 1.55 bits per heavy atom. The molecule has 0 aromatic rings. The monoisotopic (exact) mass is 180 g/mol. The van der Waals surface area contributed by atoms with Crippen molar-refractivity contribution in [3.8, 4) is 0 Å². The summed E-state index contributed by atoms with van der Waals surface area (Å²) in [6, 6.07) is 0. The number of carbonyl (C=O) groups excluding carboxylic acids is 1. The lowest BCUT2D eigenvalue weighted by Gasteiger charge is -2.05. The summed E-state index contributed by atoms with van der Waals surface area (Å²) in [5, 5.41) is -0.956. The van der Waals surface area contributed by atoms with E-state index in [-0.39, 0.29) is 6.61 Å². The fraction of sp³-hybridized carbons (Fsp3) is 0.833. The van der Waals surface area contributed by atoms with Crippen LogP contribution in [0.2, 0.25) is 0 Å². The average molecular weight is 180 g/mol. The third kappa shape index (κ3) is 3.48. The van der Waals surface area contributed by atoms with Gasteiger partial charge in [-0.1, -0.05) is 0 Å². The zero-order chi connectivity index (χ0) is 9.07. The number of hydrogen-bond donors (Lipinski definition) is 0. The number of sulfone groups is 1. The lowest BCUT2D eigenvalue weighted by Crippen LogP contribution is -2.29. The van der Waals surface area contributed by atoms with E-state index < -0.39 is 20.9 Å². The van der Waals surface area contributed by atoms with E-state index in [0.29, 0.717) is 0 Å². The van der Waals surface area contributed by atoms with Gasteiger partial charge in [-0.25, -0.2) is 8.42 Å². The zero-order valence-electron chi connectivity index (χ0n) is 6.83. The van der Waals surface area contributed by atoms with Crippen LogP contribution in [0, 0.1) is 0 Å². The topological polar surface area (TPSA) is 60.4 Å². The van der Waals surface area contributed by atoms with Crippen LogP contribution in [0.5, 0.6) is 0 Å². The molecular weight excluding hydrogens is 168 g/mol. The number of methoxy groups -OCH3 is 1. The Labute approximate surface area is 66.5 Å². The summed E-state index contributed by atoms with van der Waals surface area (Å²) in [6.07, 6.45) is 1.03. The van der Waals surface area contributed by atoms with Gasteiger partial charge in [0, 0.05) is 13.4 Å². The molecule has 1 atom stereocenters. The van der Waals surface area contributed by atoms with Gasteiger partial charge in [-0.15, -0.1) is 0 Å². The van der Waals surface area contributed by atoms with Crippen molar-refractivity contribution in [1.82, 2.24) is 0 Å². The van der Waals surface area contributed by atoms with Gasteiger partial charge in [-0.2, -0.15) is 0 Å². The van der Waals surface area contributed by atoms with Crippen molar-refractivity contribution in [2.24, 2.45) is 0 Å². The predicted octanol–water partition coefficient (Wildman–Crippen LogP) is -0.365. The second-order valence-electron chi connectivity index (χ2n) is 2.37. The molecule has 0 aliphatic rings. The van der Waals surface area contributed by atoms with E-state index >= 15 is 0 Å². The van der Waals surface area contributed by atoms with Crippen LogP contribution in [0.15, 0.2) is 0 Å². The fourth-order valence-corrected chi connectivity index (χ4v) is 1.04. The average Bonchev–Trinajstić information content (AvgIpc) is 1.85. The highest BCUT2D eigenvalue weighted by molar-refractivity contribution is 7.92. The molecule has 0 aromatic carbocycles. The summed E-state index contributed by atoms with van der Waals surface area (Å²) in [6.45, 7) is 1.21. The van der Waals surface area contributed by atoms with E-state index in [1.165, 1.54) is 14.0 Å². The van der Waals surface area contributed by atoms with Crippen molar-refractivity contribution in [3.63, 3.8) is 0 Å². The fourth-order valence-electron chi connectivity index (χ4n) is 0.498. The van der Waals surface area contributed by atoms with Crippen LogP contribution >= 0.6 is 0 Å². The largest absolute Gasteiger partial charge is 0.377 e. The van der Waals surface area contributed by atoms with Gasteiger partial charge in [0.1, 0.15) is 11.9 Å². The molecule has 66 valence electrons. The van der Waals surface area contributed by atoms with E-state index in [1.54, 1.807) is 0 Å². The van der Waals surface area contributed by atoms with Crippen molar-refractivity contribution >= 4 is 15.6 Å². The Balaban J connectivity index is 4.27. The molecule has 0 rings (SSSR count). The van der Waals surface area contributed by atoms with Gasteiger partial charge in [0.15, 0.2) is 15.6 Å². The van der Waals surface area contributed by atoms with Crippen LogP contribution in [0.3, 0.4) is 0 Å².